The van der Waals surface area contributed by atoms with Crippen LogP contribution in [0.25, 0.3) is 0 Å². The first-order valence-corrected chi connectivity index (χ1v) is 11.8. The van der Waals surface area contributed by atoms with Crippen LogP contribution in [0, 0.1) is 35.0 Å². The molecule has 5 aliphatic carbocycles. The fourth-order valence-electron chi connectivity index (χ4n) is 7.35. The number of fused-ring (bicyclic) bond motifs is 1. The number of allylic oxidation sites excluding steroid dienone is 2. The first-order chi connectivity index (χ1) is 14.9. The average Bonchev–Trinajstić information content (AvgIpc) is 2.98. The number of ether oxygens (including phenoxy) is 1. The van der Waals surface area contributed by atoms with Gasteiger partial charge in [-0.05, 0) is 74.5 Å². The molecule has 0 aromatic heterocycles. The average molecular weight is 429 g/mol. The lowest BCUT2D eigenvalue weighted by molar-refractivity contribution is -0.150. The maximum Gasteiger partial charge on any atom is 0.308 e. The number of amides is 3. The fraction of sp³-hybridized carbons (Fsp3) is 0.750. The number of nitrogens with zero attached hydrogens (tertiary/aromatic N) is 1. The van der Waals surface area contributed by atoms with Crippen LogP contribution in [-0.2, 0) is 23.9 Å². The first-order valence-electron chi connectivity index (χ1n) is 11.8. The summed E-state index contributed by atoms with van der Waals surface area (Å²) < 4.78 is 5.11. The number of hydrogen-bond donors (Lipinski definition) is 1. The molecular weight excluding hydrogens is 396 g/mol. The molecule has 4 saturated carbocycles. The second-order valence-corrected chi connectivity index (χ2v) is 10.6. The van der Waals surface area contributed by atoms with Gasteiger partial charge in [-0.25, -0.2) is 0 Å². The second kappa shape index (κ2) is 8.06. The highest BCUT2D eigenvalue weighted by Crippen LogP contribution is 2.59. The normalized spacial score (nSPS) is 37.8. The predicted molar refractivity (Wildman–Crippen MR) is 111 cm³/mol. The van der Waals surface area contributed by atoms with Gasteiger partial charge in [-0.1, -0.05) is 12.2 Å². The minimum Gasteiger partial charge on any atom is -0.456 e. The van der Waals surface area contributed by atoms with Gasteiger partial charge >= 0.3 is 5.97 Å². The van der Waals surface area contributed by atoms with Gasteiger partial charge in [-0.2, -0.15) is 0 Å². The molecule has 31 heavy (non-hydrogen) atoms. The lowest BCUT2D eigenvalue weighted by Gasteiger charge is -2.56. The molecule has 6 aliphatic rings. The van der Waals surface area contributed by atoms with Crippen LogP contribution in [0.1, 0.15) is 57.8 Å². The van der Waals surface area contributed by atoms with Gasteiger partial charge in [0.25, 0.3) is 5.91 Å². The molecule has 1 saturated heterocycles. The quantitative estimate of drug-likeness (QED) is 0.381. The smallest absolute Gasteiger partial charge is 0.308 e. The van der Waals surface area contributed by atoms with E-state index >= 15 is 0 Å². The van der Waals surface area contributed by atoms with E-state index in [2.05, 4.69) is 5.32 Å². The largest absolute Gasteiger partial charge is 0.456 e. The highest BCUT2D eigenvalue weighted by atomic mass is 16.5. The van der Waals surface area contributed by atoms with Crippen LogP contribution < -0.4 is 5.32 Å². The lowest BCUT2D eigenvalue weighted by atomic mass is 9.49. The minimum atomic E-state index is -0.557. The van der Waals surface area contributed by atoms with Crippen molar-refractivity contribution < 1.29 is 23.9 Å². The molecule has 0 radical (unpaired) electrons. The SMILES string of the molecule is O=C(COC(=O)CCN1C(=O)[C@H]2CC=CC[C@H]2C1=O)NCC12CC3CC(CC(C3)C1)C2. The Morgan fingerprint density at radius 3 is 2.06 bits per heavy atom. The highest BCUT2D eigenvalue weighted by molar-refractivity contribution is 6.05. The summed E-state index contributed by atoms with van der Waals surface area (Å²) in [5, 5.41) is 3.00. The van der Waals surface area contributed by atoms with Crippen LogP contribution in [0.5, 0.6) is 0 Å². The van der Waals surface area contributed by atoms with E-state index in [9.17, 15) is 19.2 Å². The summed E-state index contributed by atoms with van der Waals surface area (Å²) in [4.78, 5) is 50.4. The van der Waals surface area contributed by atoms with E-state index in [0.29, 0.717) is 19.4 Å². The molecule has 0 aromatic carbocycles. The lowest BCUT2D eigenvalue weighted by Crippen LogP contribution is -2.51. The number of carbonyl (C=O) groups is 4. The summed E-state index contributed by atoms with van der Waals surface area (Å²) in [6.07, 6.45) is 12.7. The number of imide groups is 1. The van der Waals surface area contributed by atoms with Crippen molar-refractivity contribution in [3.05, 3.63) is 12.2 Å². The van der Waals surface area contributed by atoms with Gasteiger partial charge in [0.15, 0.2) is 6.61 Å². The minimum absolute atomic E-state index is 0.0262. The fourth-order valence-corrected chi connectivity index (χ4v) is 7.35. The van der Waals surface area contributed by atoms with Crippen molar-refractivity contribution in [1.82, 2.24) is 10.2 Å². The van der Waals surface area contributed by atoms with Crippen molar-refractivity contribution in [3.63, 3.8) is 0 Å². The topological polar surface area (TPSA) is 92.8 Å². The van der Waals surface area contributed by atoms with E-state index in [4.69, 9.17) is 4.74 Å². The summed E-state index contributed by atoms with van der Waals surface area (Å²) in [5.74, 6) is 0.701. The molecule has 0 spiro atoms. The van der Waals surface area contributed by atoms with E-state index in [1.165, 1.54) is 43.4 Å². The zero-order valence-electron chi connectivity index (χ0n) is 18.0. The van der Waals surface area contributed by atoms with Gasteiger partial charge < -0.3 is 10.1 Å². The third-order valence-corrected chi connectivity index (χ3v) is 8.33. The summed E-state index contributed by atoms with van der Waals surface area (Å²) >= 11 is 0. The van der Waals surface area contributed by atoms with Crippen molar-refractivity contribution in [2.24, 2.45) is 35.0 Å². The van der Waals surface area contributed by atoms with Crippen molar-refractivity contribution in [1.29, 1.82) is 0 Å². The highest BCUT2D eigenvalue weighted by Gasteiger charge is 2.51. The van der Waals surface area contributed by atoms with Gasteiger partial charge in [0, 0.05) is 13.1 Å². The Kier molecular flexibility index (Phi) is 5.39. The summed E-state index contributed by atoms with van der Waals surface area (Å²) in [7, 11) is 0. The van der Waals surface area contributed by atoms with Crippen molar-refractivity contribution in [2.45, 2.75) is 57.8 Å². The van der Waals surface area contributed by atoms with Crippen molar-refractivity contribution in [3.8, 4) is 0 Å². The molecule has 1 N–H and O–H groups in total. The molecular formula is C24H32N2O5. The van der Waals surface area contributed by atoms with E-state index in [-0.39, 0.29) is 54.5 Å². The maximum atomic E-state index is 12.4. The standard InChI is InChI=1S/C24H32N2O5/c27-20(25-14-24-10-15-7-16(11-24)9-17(8-15)12-24)13-31-21(28)5-6-26-22(29)18-3-1-2-4-19(18)23(26)30/h1-2,15-19H,3-14H2,(H,25,27)/t15?,16?,17?,18-,19+,24?. The Hall–Kier alpha value is -2.18. The number of rotatable bonds is 7. The van der Waals surface area contributed by atoms with Gasteiger partial charge in [-0.3, -0.25) is 24.1 Å². The van der Waals surface area contributed by atoms with Gasteiger partial charge in [0.1, 0.15) is 0 Å². The molecule has 5 fully saturated rings. The van der Waals surface area contributed by atoms with Gasteiger partial charge in [-0.15, -0.1) is 0 Å². The second-order valence-electron chi connectivity index (χ2n) is 10.6. The molecule has 0 aromatic rings. The molecule has 7 heteroatoms. The number of likely N-dealkylation sites (tertiary alicyclic amines) is 1. The molecule has 7 nitrogen and oxygen atoms in total. The molecule has 2 atom stereocenters. The molecule has 1 aliphatic heterocycles. The van der Waals surface area contributed by atoms with Crippen molar-refractivity contribution in [2.75, 3.05) is 19.7 Å². The van der Waals surface area contributed by atoms with Gasteiger partial charge in [0.05, 0.1) is 18.3 Å². The number of nitrogens with one attached hydrogen (secondary N) is 1. The Labute approximate surface area is 182 Å². The Morgan fingerprint density at radius 2 is 1.52 bits per heavy atom. The monoisotopic (exact) mass is 428 g/mol. The van der Waals surface area contributed by atoms with Crippen LogP contribution in [0.4, 0.5) is 0 Å². The van der Waals surface area contributed by atoms with Crippen LogP contribution in [0.2, 0.25) is 0 Å². The number of esters is 1. The van der Waals surface area contributed by atoms with Crippen LogP contribution in [0.3, 0.4) is 0 Å². The van der Waals surface area contributed by atoms with Crippen molar-refractivity contribution >= 4 is 23.7 Å². The molecule has 0 unspecified atom stereocenters. The van der Waals surface area contributed by atoms with E-state index in [1.807, 2.05) is 12.2 Å². The summed E-state index contributed by atoms with van der Waals surface area (Å²) in [5.41, 5.74) is 0.247. The summed E-state index contributed by atoms with van der Waals surface area (Å²) in [6.45, 7) is 0.404. The Bertz CT molecular complexity index is 758. The van der Waals surface area contributed by atoms with E-state index < -0.39 is 5.97 Å². The molecule has 3 amide bonds. The third kappa shape index (κ3) is 4.03. The number of carbonyl (C=O) groups excluding carboxylic acids is 4. The number of hydrogen-bond acceptors (Lipinski definition) is 5. The molecule has 1 heterocycles. The molecule has 4 bridgehead atoms. The van der Waals surface area contributed by atoms with E-state index in [0.717, 1.165) is 17.8 Å². The predicted octanol–water partition coefficient (Wildman–Crippen LogP) is 2.20. The van der Waals surface area contributed by atoms with Crippen LogP contribution >= 0.6 is 0 Å². The Morgan fingerprint density at radius 1 is 0.968 bits per heavy atom. The zero-order valence-corrected chi connectivity index (χ0v) is 18.0. The zero-order chi connectivity index (χ0) is 21.6. The van der Waals surface area contributed by atoms with E-state index in [1.54, 1.807) is 0 Å². The summed E-state index contributed by atoms with van der Waals surface area (Å²) in [6, 6.07) is 0. The first kappa shape index (κ1) is 20.7. The van der Waals surface area contributed by atoms with Gasteiger partial charge in [0.2, 0.25) is 11.8 Å². The Balaban J connectivity index is 1.03. The molecule has 168 valence electrons. The third-order valence-electron chi connectivity index (χ3n) is 8.33. The molecule has 6 rings (SSSR count). The van der Waals surface area contributed by atoms with Crippen LogP contribution in [-0.4, -0.2) is 48.3 Å². The van der Waals surface area contributed by atoms with Crippen LogP contribution in [0.15, 0.2) is 12.2 Å². The maximum absolute atomic E-state index is 12.4.